The minimum absolute atomic E-state index is 0.208. The second kappa shape index (κ2) is 8.51. The van der Waals surface area contributed by atoms with Gasteiger partial charge in [0.1, 0.15) is 0 Å². The molecule has 0 atom stereocenters. The molecule has 0 unspecified atom stereocenters. The van der Waals surface area contributed by atoms with E-state index in [0.29, 0.717) is 31.2 Å². The summed E-state index contributed by atoms with van der Waals surface area (Å²) in [6.45, 7) is 3.55. The van der Waals surface area contributed by atoms with Crippen LogP contribution >= 0.6 is 11.6 Å². The summed E-state index contributed by atoms with van der Waals surface area (Å²) in [7, 11) is -1.74. The van der Waals surface area contributed by atoms with Crippen molar-refractivity contribution in [1.29, 1.82) is 0 Å². The lowest BCUT2D eigenvalue weighted by atomic mass is 10.1. The summed E-state index contributed by atoms with van der Waals surface area (Å²) >= 11 is 6.00. The molecule has 0 aliphatic carbocycles. The number of benzene rings is 2. The molecular weight excluding hydrogens is 422 g/mol. The highest BCUT2D eigenvalue weighted by Crippen LogP contribution is 2.28. The van der Waals surface area contributed by atoms with Gasteiger partial charge in [-0.1, -0.05) is 47.5 Å². The van der Waals surface area contributed by atoms with E-state index < -0.39 is 10.0 Å². The molecule has 0 radical (unpaired) electrons. The summed E-state index contributed by atoms with van der Waals surface area (Å²) in [5.41, 5.74) is 5.07. The van der Waals surface area contributed by atoms with Crippen LogP contribution in [0.2, 0.25) is 5.02 Å². The van der Waals surface area contributed by atoms with Gasteiger partial charge in [-0.15, -0.1) is 0 Å². The van der Waals surface area contributed by atoms with Crippen molar-refractivity contribution in [3.63, 3.8) is 0 Å². The molecule has 0 N–H and O–H groups in total. The molecule has 1 aromatic heterocycles. The Hall–Kier alpha value is -2.19. The van der Waals surface area contributed by atoms with Crippen LogP contribution in [0.15, 0.2) is 53.4 Å². The number of ether oxygens (including phenoxy) is 1. The molecule has 1 aliphatic rings. The van der Waals surface area contributed by atoms with Crippen LogP contribution in [0.25, 0.3) is 0 Å². The number of hydrogen-bond donors (Lipinski definition) is 0. The van der Waals surface area contributed by atoms with Crippen LogP contribution in [-0.2, 0) is 48.0 Å². The molecule has 1 aliphatic heterocycles. The van der Waals surface area contributed by atoms with Gasteiger partial charge in [-0.05, 0) is 30.7 Å². The average Bonchev–Trinajstić information content (AvgIpc) is 3.05. The summed E-state index contributed by atoms with van der Waals surface area (Å²) in [5.74, 6) is 0. The Balaban J connectivity index is 1.51. The van der Waals surface area contributed by atoms with Crippen molar-refractivity contribution in [3.8, 4) is 0 Å². The molecule has 2 heterocycles. The van der Waals surface area contributed by atoms with E-state index in [4.69, 9.17) is 16.3 Å². The third kappa shape index (κ3) is 4.30. The van der Waals surface area contributed by atoms with Crippen molar-refractivity contribution in [3.05, 3.63) is 81.6 Å². The van der Waals surface area contributed by atoms with Crippen LogP contribution < -0.4 is 0 Å². The van der Waals surface area contributed by atoms with E-state index in [1.807, 2.05) is 30.8 Å². The predicted octanol–water partition coefficient (Wildman–Crippen LogP) is 3.85. The van der Waals surface area contributed by atoms with Crippen molar-refractivity contribution < 1.29 is 13.2 Å². The van der Waals surface area contributed by atoms with Crippen molar-refractivity contribution in [2.45, 2.75) is 38.0 Å². The topological polar surface area (TPSA) is 64.4 Å². The summed E-state index contributed by atoms with van der Waals surface area (Å²) in [6, 6.07) is 14.6. The normalized spacial score (nSPS) is 14.6. The number of aromatic nitrogens is 2. The smallest absolute Gasteiger partial charge is 0.243 e. The van der Waals surface area contributed by atoms with Crippen LogP contribution in [0, 0.1) is 6.92 Å². The van der Waals surface area contributed by atoms with Crippen LogP contribution in [0.3, 0.4) is 0 Å². The van der Waals surface area contributed by atoms with Gasteiger partial charge in [-0.3, -0.25) is 4.68 Å². The molecule has 8 heteroatoms. The van der Waals surface area contributed by atoms with Gasteiger partial charge in [0.25, 0.3) is 0 Å². The molecule has 4 rings (SSSR count). The molecule has 0 saturated heterocycles. The van der Waals surface area contributed by atoms with E-state index in [0.717, 1.165) is 22.5 Å². The molecular formula is C22H24ClN3O3S. The number of aryl methyl sites for hydroxylation is 2. The molecule has 0 spiro atoms. The lowest BCUT2D eigenvalue weighted by molar-refractivity contribution is 0.103. The lowest BCUT2D eigenvalue weighted by Crippen LogP contribution is -2.36. The summed E-state index contributed by atoms with van der Waals surface area (Å²) < 4.78 is 35.4. The van der Waals surface area contributed by atoms with Gasteiger partial charge < -0.3 is 4.74 Å². The predicted molar refractivity (Wildman–Crippen MR) is 116 cm³/mol. The first-order valence-electron chi connectivity index (χ1n) is 9.77. The number of sulfonamides is 1. The zero-order chi connectivity index (χ0) is 21.3. The number of fused-ring (bicyclic) bond motifs is 1. The highest BCUT2D eigenvalue weighted by Gasteiger charge is 2.32. The second-order valence-electron chi connectivity index (χ2n) is 7.52. The molecule has 0 amide bonds. The van der Waals surface area contributed by atoms with Gasteiger partial charge in [-0.2, -0.15) is 9.40 Å². The number of halogens is 1. The number of nitrogens with zero attached hydrogens (tertiary/aromatic N) is 3. The molecule has 0 saturated carbocycles. The van der Waals surface area contributed by atoms with Crippen LogP contribution in [0.5, 0.6) is 0 Å². The Bertz CT molecular complexity index is 1160. The molecule has 6 nitrogen and oxygen atoms in total. The molecule has 0 bridgehead atoms. The Morgan fingerprint density at radius 1 is 1.13 bits per heavy atom. The third-order valence-corrected chi connectivity index (χ3v) is 7.43. The van der Waals surface area contributed by atoms with Crippen molar-refractivity contribution in [2.24, 2.45) is 7.05 Å². The zero-order valence-electron chi connectivity index (χ0n) is 17.0. The first kappa shape index (κ1) is 21.1. The Labute approximate surface area is 182 Å². The van der Waals surface area contributed by atoms with Gasteiger partial charge >= 0.3 is 0 Å². The lowest BCUT2D eigenvalue weighted by Gasteiger charge is -2.27. The van der Waals surface area contributed by atoms with Gasteiger partial charge in [0.05, 0.1) is 23.8 Å². The minimum Gasteiger partial charge on any atom is -0.370 e. The maximum atomic E-state index is 13.1. The van der Waals surface area contributed by atoms with Crippen molar-refractivity contribution in [2.75, 3.05) is 6.54 Å². The summed E-state index contributed by atoms with van der Waals surface area (Å²) in [6.07, 6.45) is 0.608. The molecule has 158 valence electrons. The van der Waals surface area contributed by atoms with E-state index in [1.165, 1.54) is 15.9 Å². The van der Waals surface area contributed by atoms with E-state index >= 15 is 0 Å². The van der Waals surface area contributed by atoms with E-state index in [9.17, 15) is 8.42 Å². The fourth-order valence-electron chi connectivity index (χ4n) is 3.69. The average molecular weight is 446 g/mol. The second-order valence-corrected chi connectivity index (χ2v) is 9.89. The molecule has 30 heavy (non-hydrogen) atoms. The van der Waals surface area contributed by atoms with E-state index in [2.05, 4.69) is 17.2 Å². The van der Waals surface area contributed by atoms with E-state index in [-0.39, 0.29) is 11.4 Å². The zero-order valence-corrected chi connectivity index (χ0v) is 18.6. The molecule has 3 aromatic rings. The monoisotopic (exact) mass is 445 g/mol. The van der Waals surface area contributed by atoms with Gasteiger partial charge in [0.2, 0.25) is 10.0 Å². The van der Waals surface area contributed by atoms with Crippen LogP contribution in [0.1, 0.15) is 28.1 Å². The maximum absolute atomic E-state index is 13.1. The molecule has 0 fully saturated rings. The Kier molecular flexibility index (Phi) is 5.97. The highest BCUT2D eigenvalue weighted by molar-refractivity contribution is 7.89. The Morgan fingerprint density at radius 2 is 1.90 bits per heavy atom. The van der Waals surface area contributed by atoms with Crippen LogP contribution in [-0.4, -0.2) is 29.0 Å². The Morgan fingerprint density at radius 3 is 2.63 bits per heavy atom. The largest absolute Gasteiger partial charge is 0.370 e. The molecule has 2 aromatic carbocycles. The number of rotatable bonds is 6. The fourth-order valence-corrected chi connectivity index (χ4v) is 5.40. The van der Waals surface area contributed by atoms with Gasteiger partial charge in [0.15, 0.2) is 0 Å². The first-order chi connectivity index (χ1) is 14.3. The maximum Gasteiger partial charge on any atom is 0.243 e. The summed E-state index contributed by atoms with van der Waals surface area (Å²) in [4.78, 5) is 0.208. The fraction of sp³-hybridized carbons (Fsp3) is 0.318. The minimum atomic E-state index is -3.63. The van der Waals surface area contributed by atoms with Crippen molar-refractivity contribution >= 4 is 21.6 Å². The quantitative estimate of drug-likeness (QED) is 0.578. The van der Waals surface area contributed by atoms with Gasteiger partial charge in [0, 0.05) is 42.8 Å². The highest BCUT2D eigenvalue weighted by atomic mass is 35.5. The standard InChI is InChI=1S/C22H24ClN3O3S/c1-16-6-8-17(9-7-16)14-29-15-21-20-13-26(11-10-22(20)25(2)24-21)30(27,28)19-5-3-4-18(23)12-19/h3-9,12H,10-11,13-15H2,1-2H3. The van der Waals surface area contributed by atoms with Gasteiger partial charge in [-0.25, -0.2) is 8.42 Å². The third-order valence-electron chi connectivity index (χ3n) is 5.35. The van der Waals surface area contributed by atoms with Crippen LogP contribution in [0.4, 0.5) is 0 Å². The van der Waals surface area contributed by atoms with Crippen molar-refractivity contribution in [1.82, 2.24) is 14.1 Å². The summed E-state index contributed by atoms with van der Waals surface area (Å²) in [5, 5.41) is 4.99. The number of hydrogen-bond acceptors (Lipinski definition) is 4. The van der Waals surface area contributed by atoms with E-state index in [1.54, 1.807) is 18.2 Å². The first-order valence-corrected chi connectivity index (χ1v) is 11.6. The SMILES string of the molecule is Cc1ccc(COCc2nn(C)c3c2CN(S(=O)(=O)c2cccc(Cl)c2)CC3)cc1.